The summed E-state index contributed by atoms with van der Waals surface area (Å²) in [5.74, 6) is 0.444. The third kappa shape index (κ3) is 4.96. The summed E-state index contributed by atoms with van der Waals surface area (Å²) in [5.41, 5.74) is 1.12. The van der Waals surface area contributed by atoms with Gasteiger partial charge in [0.2, 0.25) is 0 Å². The highest BCUT2D eigenvalue weighted by Crippen LogP contribution is 2.39. The zero-order valence-electron chi connectivity index (χ0n) is 17.2. The second kappa shape index (κ2) is 9.36. The van der Waals surface area contributed by atoms with Crippen molar-refractivity contribution in [3.05, 3.63) is 64.9 Å². The molecule has 2 aromatic rings. The average Bonchev–Trinajstić information content (AvgIpc) is 2.97. The quantitative estimate of drug-likeness (QED) is 0.676. The van der Waals surface area contributed by atoms with Crippen molar-refractivity contribution >= 4 is 17.5 Å². The molecule has 0 N–H and O–H groups in total. The molecule has 2 heterocycles. The van der Waals surface area contributed by atoms with E-state index in [1.54, 1.807) is 30.3 Å². The van der Waals surface area contributed by atoms with Gasteiger partial charge in [0.15, 0.2) is 6.61 Å². The van der Waals surface area contributed by atoms with Crippen molar-refractivity contribution in [1.29, 1.82) is 0 Å². The van der Waals surface area contributed by atoms with Crippen LogP contribution in [-0.4, -0.2) is 47.5 Å². The van der Waals surface area contributed by atoms with Crippen LogP contribution in [0.1, 0.15) is 37.7 Å². The highest BCUT2D eigenvalue weighted by molar-refractivity contribution is 6.30. The summed E-state index contributed by atoms with van der Waals surface area (Å²) in [6.45, 7) is 3.32. The molecule has 0 bridgehead atoms. The van der Waals surface area contributed by atoms with Crippen LogP contribution in [0.25, 0.3) is 0 Å². The van der Waals surface area contributed by atoms with Crippen LogP contribution in [0.3, 0.4) is 0 Å². The van der Waals surface area contributed by atoms with Gasteiger partial charge in [0, 0.05) is 30.2 Å². The van der Waals surface area contributed by atoms with Crippen LogP contribution in [-0.2, 0) is 11.3 Å². The van der Waals surface area contributed by atoms with Gasteiger partial charge in [-0.05, 0) is 74.5 Å². The first kappa shape index (κ1) is 21.1. The van der Waals surface area contributed by atoms with Crippen LogP contribution < -0.4 is 4.74 Å². The van der Waals surface area contributed by atoms with Gasteiger partial charge in [-0.15, -0.1) is 0 Å². The Balaban J connectivity index is 1.36. The molecule has 0 aromatic heterocycles. The van der Waals surface area contributed by atoms with E-state index in [9.17, 15) is 9.18 Å². The summed E-state index contributed by atoms with van der Waals surface area (Å²) < 4.78 is 19.3. The van der Waals surface area contributed by atoms with Crippen LogP contribution in [0.5, 0.6) is 5.75 Å². The molecule has 2 aromatic carbocycles. The smallest absolute Gasteiger partial charge is 0.260 e. The molecule has 2 saturated heterocycles. The molecule has 160 valence electrons. The van der Waals surface area contributed by atoms with Gasteiger partial charge in [0.25, 0.3) is 5.91 Å². The highest BCUT2D eigenvalue weighted by Gasteiger charge is 2.42. The van der Waals surface area contributed by atoms with Crippen molar-refractivity contribution in [2.45, 2.75) is 44.2 Å². The van der Waals surface area contributed by atoms with Crippen molar-refractivity contribution < 1.29 is 13.9 Å². The Bertz CT molecular complexity index is 893. The first-order valence-electron chi connectivity index (χ1n) is 10.7. The number of hydrogen-bond donors (Lipinski definition) is 0. The van der Waals surface area contributed by atoms with Crippen molar-refractivity contribution in [1.82, 2.24) is 9.80 Å². The number of carbonyl (C=O) groups excluding carboxylic acids is 1. The minimum absolute atomic E-state index is 0.0155. The van der Waals surface area contributed by atoms with Crippen molar-refractivity contribution in [3.63, 3.8) is 0 Å². The minimum atomic E-state index is -0.182. The number of amides is 1. The van der Waals surface area contributed by atoms with Crippen LogP contribution in [0.4, 0.5) is 4.39 Å². The van der Waals surface area contributed by atoms with E-state index in [0.717, 1.165) is 63.8 Å². The Morgan fingerprint density at radius 1 is 1.03 bits per heavy atom. The lowest BCUT2D eigenvalue weighted by Crippen LogP contribution is -2.44. The third-order valence-electron chi connectivity index (χ3n) is 6.43. The normalized spacial score (nSPS) is 22.3. The SMILES string of the molecule is O=C(COc1cccc(Cl)c1)N1CCC[C@]2(CCCN2Cc2cccc(F)c2)CC1. The summed E-state index contributed by atoms with van der Waals surface area (Å²) in [4.78, 5) is 17.2. The summed E-state index contributed by atoms with van der Waals surface area (Å²) in [6, 6.07) is 14.0. The number of halogens is 2. The predicted octanol–water partition coefficient (Wildman–Crippen LogP) is 4.91. The van der Waals surface area contributed by atoms with E-state index in [-0.39, 0.29) is 23.9 Å². The zero-order chi connectivity index (χ0) is 21.0. The zero-order valence-corrected chi connectivity index (χ0v) is 17.9. The lowest BCUT2D eigenvalue weighted by Gasteiger charge is -2.38. The molecule has 1 atom stereocenters. The molecule has 0 saturated carbocycles. The second-order valence-corrected chi connectivity index (χ2v) is 8.80. The van der Waals surface area contributed by atoms with Gasteiger partial charge in [-0.25, -0.2) is 4.39 Å². The molecule has 0 unspecified atom stereocenters. The average molecular weight is 431 g/mol. The summed E-state index contributed by atoms with van der Waals surface area (Å²) in [7, 11) is 0. The summed E-state index contributed by atoms with van der Waals surface area (Å²) in [5, 5.41) is 0.594. The molecule has 30 heavy (non-hydrogen) atoms. The van der Waals surface area contributed by atoms with Crippen LogP contribution in [0.15, 0.2) is 48.5 Å². The molecule has 4 nitrogen and oxygen atoms in total. The lowest BCUT2D eigenvalue weighted by atomic mass is 9.87. The summed E-state index contributed by atoms with van der Waals surface area (Å²) in [6.07, 6.45) is 5.29. The van der Waals surface area contributed by atoms with Crippen LogP contribution in [0.2, 0.25) is 5.02 Å². The fraction of sp³-hybridized carbons (Fsp3) is 0.458. The molecule has 1 spiro atoms. The molecule has 6 heteroatoms. The van der Waals surface area contributed by atoms with E-state index < -0.39 is 0 Å². The molecular formula is C24H28ClFN2O2. The van der Waals surface area contributed by atoms with Gasteiger partial charge in [0.1, 0.15) is 11.6 Å². The largest absolute Gasteiger partial charge is 0.484 e. The molecule has 2 aliphatic rings. The van der Waals surface area contributed by atoms with Gasteiger partial charge < -0.3 is 9.64 Å². The molecule has 4 rings (SSSR count). The Morgan fingerprint density at radius 2 is 1.83 bits per heavy atom. The maximum absolute atomic E-state index is 13.6. The third-order valence-corrected chi connectivity index (χ3v) is 6.67. The fourth-order valence-corrected chi connectivity index (χ4v) is 5.06. The number of hydrogen-bond acceptors (Lipinski definition) is 3. The van der Waals surface area contributed by atoms with Crippen LogP contribution in [0, 0.1) is 5.82 Å². The van der Waals surface area contributed by atoms with E-state index in [4.69, 9.17) is 16.3 Å². The lowest BCUT2D eigenvalue weighted by molar-refractivity contribution is -0.133. The Kier molecular flexibility index (Phi) is 6.59. The Labute approximate surface area is 182 Å². The maximum atomic E-state index is 13.6. The predicted molar refractivity (Wildman–Crippen MR) is 116 cm³/mol. The first-order valence-corrected chi connectivity index (χ1v) is 11.1. The Morgan fingerprint density at radius 3 is 2.63 bits per heavy atom. The number of benzene rings is 2. The van der Waals surface area contributed by atoms with E-state index in [1.807, 2.05) is 17.0 Å². The first-order chi connectivity index (χ1) is 14.5. The van der Waals surface area contributed by atoms with Crippen molar-refractivity contribution in [2.75, 3.05) is 26.2 Å². The van der Waals surface area contributed by atoms with Gasteiger partial charge in [-0.3, -0.25) is 9.69 Å². The van der Waals surface area contributed by atoms with E-state index in [2.05, 4.69) is 4.90 Å². The van der Waals surface area contributed by atoms with E-state index in [0.29, 0.717) is 10.8 Å². The van der Waals surface area contributed by atoms with Gasteiger partial charge >= 0.3 is 0 Å². The fourth-order valence-electron chi connectivity index (χ4n) is 4.88. The van der Waals surface area contributed by atoms with Gasteiger partial charge in [-0.2, -0.15) is 0 Å². The monoisotopic (exact) mass is 430 g/mol. The van der Waals surface area contributed by atoms with Gasteiger partial charge in [0.05, 0.1) is 0 Å². The van der Waals surface area contributed by atoms with E-state index in [1.165, 1.54) is 6.07 Å². The molecule has 2 fully saturated rings. The molecule has 0 aliphatic carbocycles. The number of likely N-dealkylation sites (tertiary alicyclic amines) is 2. The number of rotatable bonds is 5. The number of nitrogens with zero attached hydrogens (tertiary/aromatic N) is 2. The second-order valence-electron chi connectivity index (χ2n) is 8.36. The van der Waals surface area contributed by atoms with Crippen molar-refractivity contribution in [2.24, 2.45) is 0 Å². The molecule has 2 aliphatic heterocycles. The van der Waals surface area contributed by atoms with E-state index >= 15 is 0 Å². The minimum Gasteiger partial charge on any atom is -0.484 e. The number of ether oxygens (including phenoxy) is 1. The number of carbonyl (C=O) groups is 1. The standard InChI is InChI=1S/C24H28ClFN2O2/c25-20-6-2-8-22(16-20)30-18-23(29)27-12-3-9-24(11-14-27)10-4-13-28(24)17-19-5-1-7-21(26)15-19/h1-2,5-8,15-16H,3-4,9-14,17-18H2/t24-/m0/s1. The summed E-state index contributed by atoms with van der Waals surface area (Å²) >= 11 is 5.98. The maximum Gasteiger partial charge on any atom is 0.260 e. The topological polar surface area (TPSA) is 32.8 Å². The molecular weight excluding hydrogens is 403 g/mol. The molecule has 1 amide bonds. The highest BCUT2D eigenvalue weighted by atomic mass is 35.5. The van der Waals surface area contributed by atoms with Crippen LogP contribution >= 0.6 is 11.6 Å². The van der Waals surface area contributed by atoms with Crippen molar-refractivity contribution in [3.8, 4) is 5.75 Å². The molecule has 0 radical (unpaired) electrons. The van der Waals surface area contributed by atoms with Gasteiger partial charge in [-0.1, -0.05) is 29.8 Å². The Hall–Kier alpha value is -2.11.